The van der Waals surface area contributed by atoms with Gasteiger partial charge in [-0.15, -0.1) is 0 Å². The average molecular weight is 595 g/mol. The number of carbonyl (C=O) groups is 1. The summed E-state index contributed by atoms with van der Waals surface area (Å²) in [5.74, 6) is -0.922. The van der Waals surface area contributed by atoms with Crippen molar-refractivity contribution in [3.63, 3.8) is 0 Å². The third-order valence-electron chi connectivity index (χ3n) is 7.60. The van der Waals surface area contributed by atoms with Crippen LogP contribution in [-0.4, -0.2) is 61.0 Å². The Morgan fingerprint density at radius 2 is 1.66 bits per heavy atom. The van der Waals surface area contributed by atoms with E-state index < -0.39 is 31.8 Å². The number of carbonyl (C=O) groups excluding carboxylic acids is 1. The van der Waals surface area contributed by atoms with Gasteiger partial charge in [0.15, 0.2) is 8.32 Å². The van der Waals surface area contributed by atoms with E-state index in [1.54, 1.807) is 27.7 Å². The number of esters is 1. The molecule has 0 aliphatic carbocycles. The zero-order chi connectivity index (χ0) is 30.5. The number of hydrogen-bond acceptors (Lipinski definition) is 8. The molecular weight excluding hydrogens is 540 g/mol. The van der Waals surface area contributed by atoms with Crippen LogP contribution in [0.1, 0.15) is 92.6 Å². The molecule has 2 rings (SSSR count). The maximum atomic E-state index is 12.1. The fraction of sp³-hybridized carbons (Fsp3) is 0.719. The standard InChI is InChI=1S/C32H54O8Si/c1-8-41(9-2,10-3)40-29(20-28-21-30(34)39-32(6,7)38-28)19-26(33)17-14-18-27(22-31(4,5)35)37-24-36-23-25-15-12-11-13-16-25/h11-13,15-16,21,26-27,29,33,35H,8-10,14,17-20,22-24H2,1-7H3/t26-,27?,29+/m0/s1. The zero-order valence-electron chi connectivity index (χ0n) is 26.3. The second-order valence-corrected chi connectivity index (χ2v) is 17.0. The molecule has 2 N–H and O–H groups in total. The van der Waals surface area contributed by atoms with Crippen LogP contribution in [0.4, 0.5) is 0 Å². The Morgan fingerprint density at radius 3 is 2.24 bits per heavy atom. The summed E-state index contributed by atoms with van der Waals surface area (Å²) < 4.78 is 29.6. The highest BCUT2D eigenvalue weighted by Gasteiger charge is 2.36. The first-order valence-electron chi connectivity index (χ1n) is 15.2. The molecule has 0 bridgehead atoms. The second kappa shape index (κ2) is 16.8. The largest absolute Gasteiger partial charge is 0.457 e. The molecule has 0 spiro atoms. The van der Waals surface area contributed by atoms with E-state index in [-0.39, 0.29) is 19.0 Å². The van der Waals surface area contributed by atoms with Gasteiger partial charge in [0.1, 0.15) is 12.6 Å². The van der Waals surface area contributed by atoms with Gasteiger partial charge in [0.2, 0.25) is 5.79 Å². The lowest BCUT2D eigenvalue weighted by Gasteiger charge is -2.36. The fourth-order valence-corrected chi connectivity index (χ4v) is 8.19. The molecule has 0 radical (unpaired) electrons. The van der Waals surface area contributed by atoms with Crippen LogP contribution in [0, 0.1) is 0 Å². The van der Waals surface area contributed by atoms with E-state index in [0.29, 0.717) is 44.5 Å². The zero-order valence-corrected chi connectivity index (χ0v) is 27.3. The van der Waals surface area contributed by atoms with Crippen LogP contribution in [0.5, 0.6) is 0 Å². The Hall–Kier alpha value is -1.75. The summed E-state index contributed by atoms with van der Waals surface area (Å²) in [5.41, 5.74) is 0.199. The van der Waals surface area contributed by atoms with Gasteiger partial charge in [-0.05, 0) is 63.2 Å². The third-order valence-corrected chi connectivity index (χ3v) is 12.3. The summed E-state index contributed by atoms with van der Waals surface area (Å²) in [6, 6.07) is 12.9. The molecular formula is C32H54O8Si. The molecule has 9 heteroatoms. The maximum absolute atomic E-state index is 12.1. The predicted octanol–water partition coefficient (Wildman–Crippen LogP) is 6.60. The summed E-state index contributed by atoms with van der Waals surface area (Å²) in [6.07, 6.45) is 3.66. The molecule has 0 saturated carbocycles. The van der Waals surface area contributed by atoms with Gasteiger partial charge in [-0.2, -0.15) is 0 Å². The molecule has 1 aliphatic heterocycles. The summed E-state index contributed by atoms with van der Waals surface area (Å²) in [6.45, 7) is 14.1. The molecule has 1 unspecified atom stereocenters. The van der Waals surface area contributed by atoms with Gasteiger partial charge >= 0.3 is 5.97 Å². The van der Waals surface area contributed by atoms with Crippen molar-refractivity contribution in [1.29, 1.82) is 0 Å². The summed E-state index contributed by atoms with van der Waals surface area (Å²) in [4.78, 5) is 12.1. The Morgan fingerprint density at radius 1 is 1.00 bits per heavy atom. The number of aliphatic hydroxyl groups excluding tert-OH is 1. The summed E-state index contributed by atoms with van der Waals surface area (Å²) in [7, 11) is -1.98. The third kappa shape index (κ3) is 13.8. The predicted molar refractivity (Wildman–Crippen MR) is 162 cm³/mol. The van der Waals surface area contributed by atoms with Gasteiger partial charge in [0, 0.05) is 26.7 Å². The van der Waals surface area contributed by atoms with Crippen molar-refractivity contribution in [2.24, 2.45) is 0 Å². The lowest BCUT2D eigenvalue weighted by molar-refractivity contribution is -0.206. The second-order valence-electron chi connectivity index (χ2n) is 12.3. The number of aliphatic hydroxyl groups is 2. The molecule has 3 atom stereocenters. The Balaban J connectivity index is 1.95. The van der Waals surface area contributed by atoms with E-state index >= 15 is 0 Å². The maximum Gasteiger partial charge on any atom is 0.337 e. The van der Waals surface area contributed by atoms with Gasteiger partial charge < -0.3 is 33.6 Å². The summed E-state index contributed by atoms with van der Waals surface area (Å²) >= 11 is 0. The van der Waals surface area contributed by atoms with Gasteiger partial charge in [-0.3, -0.25) is 0 Å². The Bertz CT molecular complexity index is 915. The lowest BCUT2D eigenvalue weighted by Crippen LogP contribution is -2.42. The molecule has 1 aliphatic rings. The highest BCUT2D eigenvalue weighted by molar-refractivity contribution is 6.73. The molecule has 41 heavy (non-hydrogen) atoms. The number of ether oxygens (including phenoxy) is 4. The van der Waals surface area contributed by atoms with Crippen LogP contribution in [-0.2, 0) is 34.8 Å². The van der Waals surface area contributed by atoms with Gasteiger partial charge in [0.05, 0.1) is 36.6 Å². The van der Waals surface area contributed by atoms with Crippen LogP contribution < -0.4 is 0 Å². The van der Waals surface area contributed by atoms with Crippen LogP contribution in [0.2, 0.25) is 18.1 Å². The number of cyclic esters (lactones) is 1. The van der Waals surface area contributed by atoms with Crippen LogP contribution in [0.15, 0.2) is 42.2 Å². The highest BCUT2D eigenvalue weighted by Crippen LogP contribution is 2.31. The van der Waals surface area contributed by atoms with Crippen molar-refractivity contribution in [3.05, 3.63) is 47.7 Å². The molecule has 0 aromatic heterocycles. The van der Waals surface area contributed by atoms with E-state index in [0.717, 1.165) is 30.1 Å². The van der Waals surface area contributed by atoms with Crippen molar-refractivity contribution in [1.82, 2.24) is 0 Å². The minimum atomic E-state index is -1.98. The normalized spacial score (nSPS) is 17.8. The number of rotatable bonds is 20. The van der Waals surface area contributed by atoms with Crippen LogP contribution >= 0.6 is 0 Å². The van der Waals surface area contributed by atoms with E-state index in [4.69, 9.17) is 23.4 Å². The minimum Gasteiger partial charge on any atom is -0.457 e. The van der Waals surface area contributed by atoms with Crippen LogP contribution in [0.25, 0.3) is 0 Å². The summed E-state index contributed by atoms with van der Waals surface area (Å²) in [5, 5.41) is 21.5. The Labute approximate surface area is 248 Å². The van der Waals surface area contributed by atoms with Crippen molar-refractivity contribution >= 4 is 14.3 Å². The van der Waals surface area contributed by atoms with E-state index in [2.05, 4.69) is 20.8 Å². The van der Waals surface area contributed by atoms with E-state index in [9.17, 15) is 15.0 Å². The van der Waals surface area contributed by atoms with Crippen molar-refractivity contribution in [2.75, 3.05) is 6.79 Å². The van der Waals surface area contributed by atoms with Crippen molar-refractivity contribution in [3.8, 4) is 0 Å². The monoisotopic (exact) mass is 594 g/mol. The van der Waals surface area contributed by atoms with Gasteiger partial charge in [-0.1, -0.05) is 51.1 Å². The Kier molecular flexibility index (Phi) is 14.5. The SMILES string of the molecule is CC[Si](CC)(CC)O[C@@H](CC1=CC(=O)OC(C)(C)O1)C[C@@H](O)CCCC(CC(C)(C)O)OCOCc1ccccc1. The molecule has 234 valence electrons. The van der Waals surface area contributed by atoms with Crippen molar-refractivity contribution in [2.45, 2.75) is 141 Å². The number of benzene rings is 1. The first kappa shape index (κ1) is 35.4. The molecule has 0 fully saturated rings. The highest BCUT2D eigenvalue weighted by atomic mass is 28.4. The van der Waals surface area contributed by atoms with E-state index in [1.807, 2.05) is 30.3 Å². The first-order valence-corrected chi connectivity index (χ1v) is 17.8. The number of hydrogen-bond donors (Lipinski definition) is 2. The smallest absolute Gasteiger partial charge is 0.337 e. The molecule has 1 heterocycles. The molecule has 8 nitrogen and oxygen atoms in total. The van der Waals surface area contributed by atoms with Gasteiger partial charge in [0.25, 0.3) is 0 Å². The first-order chi connectivity index (χ1) is 19.3. The van der Waals surface area contributed by atoms with Gasteiger partial charge in [-0.25, -0.2) is 4.79 Å². The quantitative estimate of drug-likeness (QED) is 0.0753. The van der Waals surface area contributed by atoms with E-state index in [1.165, 1.54) is 6.08 Å². The molecule has 0 saturated heterocycles. The van der Waals surface area contributed by atoms with Crippen LogP contribution in [0.3, 0.4) is 0 Å². The average Bonchev–Trinajstić information content (AvgIpc) is 2.88. The minimum absolute atomic E-state index is 0.139. The molecule has 1 aromatic carbocycles. The fourth-order valence-electron chi connectivity index (χ4n) is 5.30. The lowest BCUT2D eigenvalue weighted by atomic mass is 9.96. The molecule has 0 amide bonds. The molecule has 1 aromatic rings. The van der Waals surface area contributed by atoms with Crippen molar-refractivity contribution < 1.29 is 38.4 Å². The topological polar surface area (TPSA) is 104 Å².